The molecule has 0 aliphatic heterocycles. The zero-order chi connectivity index (χ0) is 14.3. The standard InChI is InChI=1S/C12H15N5O2S/c1-8-7-15-17(2)12(8)20(18,19)16-11-10(9-3-4-9)13-5-6-14-11/h5-7,9H,3-4H2,1-2H3,(H,14,16). The summed E-state index contributed by atoms with van der Waals surface area (Å²) >= 11 is 0. The molecule has 1 N–H and O–H groups in total. The van der Waals surface area contributed by atoms with Gasteiger partial charge in [0.15, 0.2) is 10.8 Å². The molecule has 2 aromatic rings. The van der Waals surface area contributed by atoms with Gasteiger partial charge in [0.2, 0.25) is 0 Å². The molecule has 8 heteroatoms. The van der Waals surface area contributed by atoms with Crippen LogP contribution in [0.1, 0.15) is 30.0 Å². The molecule has 0 radical (unpaired) electrons. The second kappa shape index (κ2) is 4.55. The molecule has 0 unspecified atom stereocenters. The Morgan fingerprint density at radius 1 is 1.30 bits per heavy atom. The first-order chi connectivity index (χ1) is 9.49. The third kappa shape index (κ3) is 2.26. The Hall–Kier alpha value is -1.96. The number of hydrogen-bond donors (Lipinski definition) is 1. The Morgan fingerprint density at radius 3 is 2.60 bits per heavy atom. The van der Waals surface area contributed by atoms with E-state index >= 15 is 0 Å². The summed E-state index contributed by atoms with van der Waals surface area (Å²) in [6.07, 6.45) is 6.64. The number of hydrogen-bond acceptors (Lipinski definition) is 5. The zero-order valence-electron chi connectivity index (χ0n) is 11.2. The highest BCUT2D eigenvalue weighted by Crippen LogP contribution is 2.41. The third-order valence-electron chi connectivity index (χ3n) is 3.23. The number of aryl methyl sites for hydroxylation is 2. The maximum absolute atomic E-state index is 12.5. The Bertz CT molecular complexity index is 729. The average molecular weight is 293 g/mol. The summed E-state index contributed by atoms with van der Waals surface area (Å²) in [5, 5.41) is 4.10. The highest BCUT2D eigenvalue weighted by atomic mass is 32.2. The Morgan fingerprint density at radius 2 is 2.00 bits per heavy atom. The van der Waals surface area contributed by atoms with Crippen LogP contribution in [0.4, 0.5) is 5.82 Å². The predicted molar refractivity (Wildman–Crippen MR) is 72.8 cm³/mol. The molecular weight excluding hydrogens is 278 g/mol. The van der Waals surface area contributed by atoms with E-state index in [1.807, 2.05) is 0 Å². The van der Waals surface area contributed by atoms with Crippen molar-refractivity contribution in [1.29, 1.82) is 0 Å². The van der Waals surface area contributed by atoms with Gasteiger partial charge in [-0.15, -0.1) is 0 Å². The van der Waals surface area contributed by atoms with Crippen molar-refractivity contribution in [2.24, 2.45) is 7.05 Å². The maximum Gasteiger partial charge on any atom is 0.280 e. The van der Waals surface area contributed by atoms with Crippen LogP contribution in [-0.2, 0) is 17.1 Å². The first kappa shape index (κ1) is 13.0. The minimum absolute atomic E-state index is 0.143. The summed E-state index contributed by atoms with van der Waals surface area (Å²) in [6.45, 7) is 1.71. The van der Waals surface area contributed by atoms with E-state index in [0.717, 1.165) is 18.5 Å². The van der Waals surface area contributed by atoms with Gasteiger partial charge in [-0.25, -0.2) is 4.98 Å². The van der Waals surface area contributed by atoms with Crippen LogP contribution in [0.3, 0.4) is 0 Å². The maximum atomic E-state index is 12.5. The minimum Gasteiger partial charge on any atom is -0.261 e. The van der Waals surface area contributed by atoms with Crippen molar-refractivity contribution in [1.82, 2.24) is 19.7 Å². The molecule has 3 rings (SSSR count). The number of aromatic nitrogens is 4. The summed E-state index contributed by atoms with van der Waals surface area (Å²) in [5.74, 6) is 0.629. The van der Waals surface area contributed by atoms with E-state index in [1.165, 1.54) is 17.1 Å². The van der Waals surface area contributed by atoms with E-state index in [4.69, 9.17) is 0 Å². The summed E-state index contributed by atoms with van der Waals surface area (Å²) in [4.78, 5) is 8.35. The summed E-state index contributed by atoms with van der Waals surface area (Å²) in [5.41, 5.74) is 1.31. The highest BCUT2D eigenvalue weighted by molar-refractivity contribution is 7.92. The van der Waals surface area contributed by atoms with Gasteiger partial charge in [-0.3, -0.25) is 14.4 Å². The molecule has 1 saturated carbocycles. The second-order valence-electron chi connectivity index (χ2n) is 4.93. The fourth-order valence-corrected chi connectivity index (χ4v) is 3.56. The lowest BCUT2D eigenvalue weighted by Crippen LogP contribution is -2.19. The van der Waals surface area contributed by atoms with Crippen LogP contribution in [0.5, 0.6) is 0 Å². The van der Waals surface area contributed by atoms with Gasteiger partial charge >= 0.3 is 0 Å². The number of sulfonamides is 1. The lowest BCUT2D eigenvalue weighted by atomic mass is 10.3. The molecule has 2 heterocycles. The monoisotopic (exact) mass is 293 g/mol. The van der Waals surface area contributed by atoms with Gasteiger partial charge in [-0.2, -0.15) is 13.5 Å². The molecule has 0 atom stereocenters. The average Bonchev–Trinajstić information content (AvgIpc) is 3.15. The molecule has 0 aromatic carbocycles. The Balaban J connectivity index is 1.99. The number of rotatable bonds is 4. The van der Waals surface area contributed by atoms with Crippen molar-refractivity contribution < 1.29 is 8.42 Å². The van der Waals surface area contributed by atoms with Gasteiger partial charge in [0.1, 0.15) is 0 Å². The van der Waals surface area contributed by atoms with Crippen molar-refractivity contribution in [2.45, 2.75) is 30.7 Å². The van der Waals surface area contributed by atoms with E-state index in [0.29, 0.717) is 17.3 Å². The fraction of sp³-hybridized carbons (Fsp3) is 0.417. The van der Waals surface area contributed by atoms with Crippen LogP contribution in [-0.4, -0.2) is 28.2 Å². The molecule has 1 fully saturated rings. The molecule has 106 valence electrons. The minimum atomic E-state index is -3.71. The van der Waals surface area contributed by atoms with E-state index in [2.05, 4.69) is 19.8 Å². The van der Waals surface area contributed by atoms with Gasteiger partial charge in [0.05, 0.1) is 11.9 Å². The predicted octanol–water partition coefficient (Wildman–Crippen LogP) is 1.20. The van der Waals surface area contributed by atoms with Crippen LogP contribution < -0.4 is 4.72 Å². The van der Waals surface area contributed by atoms with Gasteiger partial charge in [-0.05, 0) is 19.8 Å². The smallest absolute Gasteiger partial charge is 0.261 e. The molecule has 0 bridgehead atoms. The Kier molecular flexibility index (Phi) is 2.97. The lowest BCUT2D eigenvalue weighted by molar-refractivity contribution is 0.580. The van der Waals surface area contributed by atoms with Crippen LogP contribution in [0, 0.1) is 6.92 Å². The highest BCUT2D eigenvalue weighted by Gasteiger charge is 2.30. The first-order valence-electron chi connectivity index (χ1n) is 6.31. The Labute approximate surface area is 117 Å². The van der Waals surface area contributed by atoms with Gasteiger partial charge in [0, 0.05) is 30.9 Å². The number of nitrogens with one attached hydrogen (secondary N) is 1. The lowest BCUT2D eigenvalue weighted by Gasteiger charge is -2.11. The quantitative estimate of drug-likeness (QED) is 0.914. The fourth-order valence-electron chi connectivity index (χ4n) is 2.18. The van der Waals surface area contributed by atoms with Crippen LogP contribution in [0.25, 0.3) is 0 Å². The molecule has 1 aliphatic rings. The molecule has 7 nitrogen and oxygen atoms in total. The number of anilines is 1. The van der Waals surface area contributed by atoms with Gasteiger partial charge < -0.3 is 0 Å². The van der Waals surface area contributed by atoms with Crippen molar-refractivity contribution >= 4 is 15.8 Å². The van der Waals surface area contributed by atoms with Gasteiger partial charge in [-0.1, -0.05) is 0 Å². The van der Waals surface area contributed by atoms with Crippen LogP contribution in [0.2, 0.25) is 0 Å². The summed E-state index contributed by atoms with van der Waals surface area (Å²) in [6, 6.07) is 0. The number of nitrogens with zero attached hydrogens (tertiary/aromatic N) is 4. The summed E-state index contributed by atoms with van der Waals surface area (Å²) in [7, 11) is -2.11. The van der Waals surface area contributed by atoms with E-state index in [-0.39, 0.29) is 5.03 Å². The first-order valence-corrected chi connectivity index (χ1v) is 7.79. The van der Waals surface area contributed by atoms with Crippen molar-refractivity contribution in [3.05, 3.63) is 29.8 Å². The van der Waals surface area contributed by atoms with Gasteiger partial charge in [0.25, 0.3) is 10.0 Å². The van der Waals surface area contributed by atoms with Crippen molar-refractivity contribution in [3.63, 3.8) is 0 Å². The van der Waals surface area contributed by atoms with E-state index in [9.17, 15) is 8.42 Å². The molecule has 2 aromatic heterocycles. The molecule has 0 saturated heterocycles. The SMILES string of the molecule is Cc1cnn(C)c1S(=O)(=O)Nc1nccnc1C1CC1. The van der Waals surface area contributed by atoms with Crippen LogP contribution >= 0.6 is 0 Å². The topological polar surface area (TPSA) is 89.8 Å². The summed E-state index contributed by atoms with van der Waals surface area (Å²) < 4.78 is 28.8. The molecule has 0 spiro atoms. The van der Waals surface area contributed by atoms with Crippen LogP contribution in [0.15, 0.2) is 23.6 Å². The largest absolute Gasteiger partial charge is 0.280 e. The molecule has 0 amide bonds. The van der Waals surface area contributed by atoms with E-state index < -0.39 is 10.0 Å². The van der Waals surface area contributed by atoms with Crippen molar-refractivity contribution in [2.75, 3.05) is 4.72 Å². The van der Waals surface area contributed by atoms with Crippen molar-refractivity contribution in [3.8, 4) is 0 Å². The molecule has 1 aliphatic carbocycles. The zero-order valence-corrected chi connectivity index (χ0v) is 12.1. The van der Waals surface area contributed by atoms with E-state index in [1.54, 1.807) is 20.2 Å². The molecular formula is C12H15N5O2S. The normalized spacial score (nSPS) is 15.3. The molecule has 20 heavy (non-hydrogen) atoms. The third-order valence-corrected chi connectivity index (χ3v) is 4.79. The second-order valence-corrected chi connectivity index (χ2v) is 6.52.